The third-order valence-corrected chi connectivity index (χ3v) is 3.16. The smallest absolute Gasteiger partial charge is 0.229 e. The number of hydrogen-bond donors (Lipinski definition) is 4. The van der Waals surface area contributed by atoms with Crippen molar-refractivity contribution in [2.45, 2.75) is 30.7 Å². The van der Waals surface area contributed by atoms with Crippen LogP contribution in [0.15, 0.2) is 24.3 Å². The van der Waals surface area contributed by atoms with Crippen LogP contribution in [0.5, 0.6) is 11.5 Å². The number of para-hydroxylation sites is 2. The van der Waals surface area contributed by atoms with E-state index in [0.717, 1.165) is 0 Å². The number of hydrogen-bond acceptors (Lipinski definition) is 7. The first kappa shape index (κ1) is 15.0. The number of aliphatic hydroxyl groups excluding tert-OH is 4. The highest BCUT2D eigenvalue weighted by atomic mass is 16.7. The molecule has 1 aliphatic rings. The molecule has 0 saturated carbocycles. The van der Waals surface area contributed by atoms with Crippen molar-refractivity contribution < 1.29 is 34.6 Å². The lowest BCUT2D eigenvalue weighted by atomic mass is 9.99. The van der Waals surface area contributed by atoms with Crippen LogP contribution in [0.1, 0.15) is 0 Å². The van der Waals surface area contributed by atoms with Gasteiger partial charge in [0.2, 0.25) is 6.29 Å². The first-order valence-corrected chi connectivity index (χ1v) is 6.18. The van der Waals surface area contributed by atoms with E-state index in [9.17, 15) is 15.3 Å². The van der Waals surface area contributed by atoms with Gasteiger partial charge in [-0.05, 0) is 12.1 Å². The van der Waals surface area contributed by atoms with Gasteiger partial charge in [-0.3, -0.25) is 0 Å². The molecule has 7 nitrogen and oxygen atoms in total. The van der Waals surface area contributed by atoms with Gasteiger partial charge in [0, 0.05) is 0 Å². The second kappa shape index (κ2) is 6.38. The van der Waals surface area contributed by atoms with Crippen LogP contribution in [-0.4, -0.2) is 64.8 Å². The Kier molecular flexibility index (Phi) is 4.79. The van der Waals surface area contributed by atoms with E-state index in [-0.39, 0.29) is 0 Å². The van der Waals surface area contributed by atoms with E-state index in [0.29, 0.717) is 11.5 Å². The fourth-order valence-corrected chi connectivity index (χ4v) is 2.01. The molecule has 0 unspecified atom stereocenters. The number of benzene rings is 1. The van der Waals surface area contributed by atoms with E-state index >= 15 is 0 Å². The second-order valence-corrected chi connectivity index (χ2v) is 4.47. The number of methoxy groups -OCH3 is 1. The van der Waals surface area contributed by atoms with Crippen molar-refractivity contribution in [3.63, 3.8) is 0 Å². The van der Waals surface area contributed by atoms with Gasteiger partial charge in [-0.15, -0.1) is 0 Å². The number of ether oxygens (including phenoxy) is 3. The van der Waals surface area contributed by atoms with Crippen molar-refractivity contribution in [3.8, 4) is 11.5 Å². The maximum absolute atomic E-state index is 9.86. The Morgan fingerprint density at radius 3 is 2.30 bits per heavy atom. The van der Waals surface area contributed by atoms with Gasteiger partial charge in [0.15, 0.2) is 11.5 Å². The predicted octanol–water partition coefficient (Wildman–Crippen LogP) is -1.13. The third-order valence-electron chi connectivity index (χ3n) is 3.16. The maximum Gasteiger partial charge on any atom is 0.229 e. The van der Waals surface area contributed by atoms with E-state index < -0.39 is 37.3 Å². The molecule has 4 N–H and O–H groups in total. The van der Waals surface area contributed by atoms with Crippen LogP contribution < -0.4 is 9.47 Å². The molecule has 0 bridgehead atoms. The summed E-state index contributed by atoms with van der Waals surface area (Å²) in [5, 5.41) is 38.3. The molecule has 2 rings (SSSR count). The minimum absolute atomic E-state index is 0.319. The van der Waals surface area contributed by atoms with Crippen molar-refractivity contribution in [3.05, 3.63) is 24.3 Å². The molecule has 20 heavy (non-hydrogen) atoms. The summed E-state index contributed by atoms with van der Waals surface area (Å²) in [7, 11) is 1.47. The number of aliphatic hydroxyl groups is 4. The van der Waals surface area contributed by atoms with Crippen LogP contribution in [0, 0.1) is 0 Å². The summed E-state index contributed by atoms with van der Waals surface area (Å²) < 4.78 is 15.8. The second-order valence-electron chi connectivity index (χ2n) is 4.47. The van der Waals surface area contributed by atoms with Crippen LogP contribution in [0.2, 0.25) is 0 Å². The molecule has 1 heterocycles. The highest BCUT2D eigenvalue weighted by molar-refractivity contribution is 5.39. The van der Waals surface area contributed by atoms with Crippen LogP contribution in [0.25, 0.3) is 0 Å². The quantitative estimate of drug-likeness (QED) is 0.555. The van der Waals surface area contributed by atoms with Gasteiger partial charge in [0.1, 0.15) is 24.4 Å². The molecule has 0 spiro atoms. The van der Waals surface area contributed by atoms with E-state index in [2.05, 4.69) is 0 Å². The first-order valence-electron chi connectivity index (χ1n) is 6.18. The van der Waals surface area contributed by atoms with Gasteiger partial charge < -0.3 is 34.6 Å². The SMILES string of the molecule is COc1ccccc1O[C@H]1O[C@@H](CO)[C@@H](O)[C@@H](O)[C@@H]1O. The molecule has 0 aromatic heterocycles. The Balaban J connectivity index is 2.15. The lowest BCUT2D eigenvalue weighted by molar-refractivity contribution is -0.277. The van der Waals surface area contributed by atoms with E-state index in [1.54, 1.807) is 24.3 Å². The standard InChI is InChI=1S/C13H18O7/c1-18-7-4-2-3-5-8(7)19-13-12(17)11(16)10(15)9(6-14)20-13/h2-5,9-17H,6H2,1H3/t9-,10+,11+,12-,13-/m0/s1. The minimum Gasteiger partial charge on any atom is -0.493 e. The van der Waals surface area contributed by atoms with Crippen LogP contribution in [0.4, 0.5) is 0 Å². The summed E-state index contributed by atoms with van der Waals surface area (Å²) in [4.78, 5) is 0. The summed E-state index contributed by atoms with van der Waals surface area (Å²) in [6.45, 7) is -0.503. The van der Waals surface area contributed by atoms with Crippen molar-refractivity contribution >= 4 is 0 Å². The molecular weight excluding hydrogens is 268 g/mol. The fourth-order valence-electron chi connectivity index (χ4n) is 2.01. The molecule has 0 aliphatic carbocycles. The zero-order valence-corrected chi connectivity index (χ0v) is 10.9. The van der Waals surface area contributed by atoms with E-state index in [1.807, 2.05) is 0 Å². The zero-order valence-electron chi connectivity index (χ0n) is 10.9. The van der Waals surface area contributed by atoms with Gasteiger partial charge >= 0.3 is 0 Å². The number of rotatable bonds is 4. The first-order chi connectivity index (χ1) is 9.58. The highest BCUT2D eigenvalue weighted by Crippen LogP contribution is 2.30. The maximum atomic E-state index is 9.86. The van der Waals surface area contributed by atoms with Crippen molar-refractivity contribution in [2.24, 2.45) is 0 Å². The van der Waals surface area contributed by atoms with Gasteiger partial charge in [0.05, 0.1) is 13.7 Å². The lowest BCUT2D eigenvalue weighted by Gasteiger charge is -2.39. The van der Waals surface area contributed by atoms with Gasteiger partial charge in [0.25, 0.3) is 0 Å². The minimum atomic E-state index is -1.47. The largest absolute Gasteiger partial charge is 0.493 e. The molecule has 1 aliphatic heterocycles. The molecule has 7 heteroatoms. The average Bonchev–Trinajstić information content (AvgIpc) is 2.48. The Hall–Kier alpha value is -1.38. The summed E-state index contributed by atoms with van der Waals surface area (Å²) in [6, 6.07) is 6.74. The molecular formula is C13H18O7. The van der Waals surface area contributed by atoms with Crippen molar-refractivity contribution in [1.29, 1.82) is 0 Å². The molecule has 1 aromatic rings. The summed E-state index contributed by atoms with van der Waals surface area (Å²) >= 11 is 0. The average molecular weight is 286 g/mol. The Morgan fingerprint density at radius 2 is 1.70 bits per heavy atom. The van der Waals surface area contributed by atoms with Crippen molar-refractivity contribution in [1.82, 2.24) is 0 Å². The monoisotopic (exact) mass is 286 g/mol. The lowest BCUT2D eigenvalue weighted by Crippen LogP contribution is -2.60. The Morgan fingerprint density at radius 1 is 1.05 bits per heavy atom. The van der Waals surface area contributed by atoms with E-state index in [1.165, 1.54) is 7.11 Å². The van der Waals surface area contributed by atoms with Gasteiger partial charge in [-0.25, -0.2) is 0 Å². The van der Waals surface area contributed by atoms with Gasteiger partial charge in [-0.2, -0.15) is 0 Å². The third kappa shape index (κ3) is 2.87. The van der Waals surface area contributed by atoms with Crippen LogP contribution in [0.3, 0.4) is 0 Å². The highest BCUT2D eigenvalue weighted by Gasteiger charge is 2.44. The predicted molar refractivity (Wildman–Crippen MR) is 67.4 cm³/mol. The zero-order chi connectivity index (χ0) is 14.7. The molecule has 0 amide bonds. The van der Waals surface area contributed by atoms with E-state index in [4.69, 9.17) is 19.3 Å². The molecule has 1 saturated heterocycles. The van der Waals surface area contributed by atoms with Gasteiger partial charge in [-0.1, -0.05) is 12.1 Å². The van der Waals surface area contributed by atoms with Crippen LogP contribution >= 0.6 is 0 Å². The fraction of sp³-hybridized carbons (Fsp3) is 0.538. The molecule has 1 aromatic carbocycles. The summed E-state index contributed by atoms with van der Waals surface area (Å²) in [6.07, 6.45) is -6.55. The normalized spacial score (nSPS) is 33.8. The topological polar surface area (TPSA) is 109 Å². The molecule has 1 fully saturated rings. The molecule has 5 atom stereocenters. The summed E-state index contributed by atoms with van der Waals surface area (Å²) in [5.41, 5.74) is 0. The molecule has 0 radical (unpaired) electrons. The summed E-state index contributed by atoms with van der Waals surface area (Å²) in [5.74, 6) is 0.754. The van der Waals surface area contributed by atoms with Crippen LogP contribution in [-0.2, 0) is 4.74 Å². The Labute approximate surface area is 115 Å². The molecule has 112 valence electrons. The van der Waals surface area contributed by atoms with Crippen molar-refractivity contribution in [2.75, 3.05) is 13.7 Å². The Bertz CT molecular complexity index is 436.